The topological polar surface area (TPSA) is 52.9 Å². The minimum Gasteiger partial charge on any atom is -0.394 e. The molecule has 1 atom stereocenters. The van der Waals surface area contributed by atoms with Crippen LogP contribution in [0.1, 0.15) is 6.42 Å². The van der Waals surface area contributed by atoms with E-state index in [-0.39, 0.29) is 13.2 Å². The Bertz CT molecular complexity index is 98.3. The molecule has 0 aromatic carbocycles. The van der Waals surface area contributed by atoms with Crippen molar-refractivity contribution >= 4 is 0 Å². The maximum atomic E-state index is 8.88. The highest BCUT2D eigenvalue weighted by atomic mass is 16.5. The van der Waals surface area contributed by atoms with Crippen molar-refractivity contribution in [2.45, 2.75) is 12.5 Å². The van der Waals surface area contributed by atoms with Crippen molar-refractivity contribution in [2.75, 3.05) is 40.5 Å². The number of aliphatic hydroxyl groups excluding tert-OH is 2. The monoisotopic (exact) mass is 177 g/mol. The quantitative estimate of drug-likeness (QED) is 0.505. The Balaban J connectivity index is 3.00. The molecule has 0 aliphatic rings. The van der Waals surface area contributed by atoms with Gasteiger partial charge in [0.1, 0.15) is 6.10 Å². The molecule has 0 fully saturated rings. The molecule has 0 radical (unpaired) electrons. The molecule has 0 rings (SSSR count). The van der Waals surface area contributed by atoms with Crippen molar-refractivity contribution in [3.8, 4) is 0 Å². The SMILES string of the molecule is CN(C)CCCOC[C@H](O)CO. The summed E-state index contributed by atoms with van der Waals surface area (Å²) in [5.74, 6) is 0. The highest BCUT2D eigenvalue weighted by Crippen LogP contribution is 1.88. The minimum absolute atomic E-state index is 0.226. The molecule has 0 heterocycles. The Labute approximate surface area is 73.8 Å². The van der Waals surface area contributed by atoms with Gasteiger partial charge in [-0.15, -0.1) is 0 Å². The maximum Gasteiger partial charge on any atom is 0.100 e. The van der Waals surface area contributed by atoms with Gasteiger partial charge in [0.05, 0.1) is 13.2 Å². The minimum atomic E-state index is -0.732. The number of nitrogens with zero attached hydrogens (tertiary/aromatic N) is 1. The first-order valence-electron chi connectivity index (χ1n) is 4.18. The summed E-state index contributed by atoms with van der Waals surface area (Å²) in [6.45, 7) is 1.61. The summed E-state index contributed by atoms with van der Waals surface area (Å²) in [5.41, 5.74) is 0. The summed E-state index contributed by atoms with van der Waals surface area (Å²) in [7, 11) is 4.01. The summed E-state index contributed by atoms with van der Waals surface area (Å²) in [5, 5.41) is 17.3. The molecule has 4 heteroatoms. The highest BCUT2D eigenvalue weighted by molar-refractivity contribution is 4.49. The molecule has 0 aromatic heterocycles. The van der Waals surface area contributed by atoms with Gasteiger partial charge in [-0.2, -0.15) is 0 Å². The molecule has 0 bridgehead atoms. The molecule has 0 aromatic rings. The van der Waals surface area contributed by atoms with Gasteiger partial charge in [-0.25, -0.2) is 0 Å². The average molecular weight is 177 g/mol. The molecule has 0 saturated heterocycles. The summed E-state index contributed by atoms with van der Waals surface area (Å²) in [6.07, 6.45) is 0.217. The van der Waals surface area contributed by atoms with Gasteiger partial charge in [0.25, 0.3) is 0 Å². The smallest absolute Gasteiger partial charge is 0.100 e. The molecule has 0 saturated carbocycles. The summed E-state index contributed by atoms with van der Waals surface area (Å²) in [4.78, 5) is 2.08. The van der Waals surface area contributed by atoms with Gasteiger partial charge in [-0.3, -0.25) is 0 Å². The van der Waals surface area contributed by atoms with Crippen LogP contribution in [0, 0.1) is 0 Å². The lowest BCUT2D eigenvalue weighted by molar-refractivity contribution is 0.00468. The number of rotatable bonds is 7. The summed E-state index contributed by atoms with van der Waals surface area (Å²) >= 11 is 0. The Morgan fingerprint density at radius 3 is 2.58 bits per heavy atom. The van der Waals surface area contributed by atoms with E-state index in [9.17, 15) is 0 Å². The van der Waals surface area contributed by atoms with E-state index in [1.807, 2.05) is 14.1 Å². The first-order valence-corrected chi connectivity index (χ1v) is 4.18. The maximum absolute atomic E-state index is 8.88. The zero-order valence-corrected chi connectivity index (χ0v) is 7.86. The Hall–Kier alpha value is -0.160. The Morgan fingerprint density at radius 1 is 1.42 bits per heavy atom. The van der Waals surface area contributed by atoms with Gasteiger partial charge in [-0.1, -0.05) is 0 Å². The van der Waals surface area contributed by atoms with Gasteiger partial charge in [0, 0.05) is 6.61 Å². The third-order valence-electron chi connectivity index (χ3n) is 1.41. The van der Waals surface area contributed by atoms with Gasteiger partial charge in [0.2, 0.25) is 0 Å². The second-order valence-corrected chi connectivity index (χ2v) is 3.07. The fourth-order valence-electron chi connectivity index (χ4n) is 0.755. The number of aliphatic hydroxyl groups is 2. The molecule has 0 aliphatic carbocycles. The van der Waals surface area contributed by atoms with Crippen LogP contribution in [0.25, 0.3) is 0 Å². The van der Waals surface area contributed by atoms with Crippen LogP contribution >= 0.6 is 0 Å². The first-order chi connectivity index (χ1) is 5.66. The third kappa shape index (κ3) is 7.94. The Morgan fingerprint density at radius 2 is 2.08 bits per heavy atom. The lowest BCUT2D eigenvalue weighted by Gasteiger charge is -2.10. The normalized spacial score (nSPS) is 13.8. The van der Waals surface area contributed by atoms with Crippen molar-refractivity contribution in [2.24, 2.45) is 0 Å². The number of hydrogen-bond acceptors (Lipinski definition) is 4. The predicted molar refractivity (Wildman–Crippen MR) is 47.1 cm³/mol. The molecule has 4 nitrogen and oxygen atoms in total. The van der Waals surface area contributed by atoms with E-state index in [4.69, 9.17) is 14.9 Å². The lowest BCUT2D eigenvalue weighted by Crippen LogP contribution is -2.21. The van der Waals surface area contributed by atoms with E-state index >= 15 is 0 Å². The van der Waals surface area contributed by atoms with Crippen LogP contribution in [0.2, 0.25) is 0 Å². The Kier molecular flexibility index (Phi) is 7.39. The lowest BCUT2D eigenvalue weighted by atomic mass is 10.4. The van der Waals surface area contributed by atoms with E-state index in [0.29, 0.717) is 6.61 Å². The van der Waals surface area contributed by atoms with Gasteiger partial charge in [0.15, 0.2) is 0 Å². The van der Waals surface area contributed by atoms with E-state index in [1.54, 1.807) is 0 Å². The number of hydrogen-bond donors (Lipinski definition) is 2. The van der Waals surface area contributed by atoms with E-state index < -0.39 is 6.10 Å². The van der Waals surface area contributed by atoms with Gasteiger partial charge < -0.3 is 19.8 Å². The second-order valence-electron chi connectivity index (χ2n) is 3.07. The molecular weight excluding hydrogens is 158 g/mol. The van der Waals surface area contributed by atoms with Crippen LogP contribution in [-0.4, -0.2) is 61.7 Å². The van der Waals surface area contributed by atoms with Gasteiger partial charge >= 0.3 is 0 Å². The van der Waals surface area contributed by atoms with Crippen LogP contribution in [0.5, 0.6) is 0 Å². The van der Waals surface area contributed by atoms with Crippen molar-refractivity contribution in [1.82, 2.24) is 4.90 Å². The molecule has 0 aliphatic heterocycles. The third-order valence-corrected chi connectivity index (χ3v) is 1.41. The fourth-order valence-corrected chi connectivity index (χ4v) is 0.755. The fraction of sp³-hybridized carbons (Fsp3) is 1.00. The molecule has 2 N–H and O–H groups in total. The highest BCUT2D eigenvalue weighted by Gasteiger charge is 2.00. The van der Waals surface area contributed by atoms with E-state index in [2.05, 4.69) is 4.90 Å². The average Bonchev–Trinajstić information content (AvgIpc) is 2.03. The van der Waals surface area contributed by atoms with Crippen LogP contribution in [0.4, 0.5) is 0 Å². The standard InChI is InChI=1S/C8H19NO3/c1-9(2)4-3-5-12-7-8(11)6-10/h8,10-11H,3-7H2,1-2H3/t8-/m1/s1. The molecule has 12 heavy (non-hydrogen) atoms. The molecule has 0 amide bonds. The molecule has 0 unspecified atom stereocenters. The van der Waals surface area contributed by atoms with Crippen LogP contribution < -0.4 is 0 Å². The molecular formula is C8H19NO3. The van der Waals surface area contributed by atoms with Crippen LogP contribution in [-0.2, 0) is 4.74 Å². The van der Waals surface area contributed by atoms with Crippen LogP contribution in [0.15, 0.2) is 0 Å². The predicted octanol–water partition coefficient (Wildman–Crippen LogP) is -0.692. The molecule has 74 valence electrons. The largest absolute Gasteiger partial charge is 0.394 e. The zero-order valence-electron chi connectivity index (χ0n) is 7.86. The summed E-state index contributed by atoms with van der Waals surface area (Å²) < 4.78 is 5.10. The van der Waals surface area contributed by atoms with E-state index in [1.165, 1.54) is 0 Å². The van der Waals surface area contributed by atoms with Crippen molar-refractivity contribution in [1.29, 1.82) is 0 Å². The number of ether oxygens (including phenoxy) is 1. The second kappa shape index (κ2) is 7.49. The van der Waals surface area contributed by atoms with E-state index in [0.717, 1.165) is 13.0 Å². The van der Waals surface area contributed by atoms with Crippen LogP contribution in [0.3, 0.4) is 0 Å². The van der Waals surface area contributed by atoms with Crippen molar-refractivity contribution in [3.05, 3.63) is 0 Å². The van der Waals surface area contributed by atoms with Crippen molar-refractivity contribution < 1.29 is 14.9 Å². The zero-order chi connectivity index (χ0) is 9.40. The first kappa shape index (κ1) is 11.8. The van der Waals surface area contributed by atoms with Gasteiger partial charge in [-0.05, 0) is 27.1 Å². The van der Waals surface area contributed by atoms with Crippen molar-refractivity contribution in [3.63, 3.8) is 0 Å². The summed E-state index contributed by atoms with van der Waals surface area (Å²) in [6, 6.07) is 0. The molecule has 0 spiro atoms.